The quantitative estimate of drug-likeness (QED) is 0.243. The van der Waals surface area contributed by atoms with E-state index in [1.807, 2.05) is 41.5 Å². The number of piperazine rings is 1. The second-order valence-corrected chi connectivity index (χ2v) is 11.7. The van der Waals surface area contributed by atoms with Crippen LogP contribution in [0, 0.1) is 6.92 Å². The Bertz CT molecular complexity index is 1630. The van der Waals surface area contributed by atoms with Crippen LogP contribution in [-0.4, -0.2) is 74.0 Å². The highest BCUT2D eigenvalue weighted by atomic mass is 35.5. The summed E-state index contributed by atoms with van der Waals surface area (Å²) in [5.41, 5.74) is 4.01. The van der Waals surface area contributed by atoms with E-state index in [1.165, 1.54) is 0 Å². The zero-order valence-electron chi connectivity index (χ0n) is 25.1. The van der Waals surface area contributed by atoms with Gasteiger partial charge in [-0.3, -0.25) is 19.3 Å². The standard InChI is InChI=1S/C32H37ClN6O3.ClH/c1-6-7-30(40)27-15-34-39(22(27)4)25-11-9-24(10-12-25)35-32(42)28-18-37(29-13-8-23(33)14-26(28)29)19-31(41)38-16-20(2)36(5)21(3)17-38;/h8-15,18,20-21H,6-7,16-17,19H2,1-5H3,(H,35,42);1H. The molecule has 1 saturated heterocycles. The molecule has 1 aliphatic heterocycles. The molecule has 3 heterocycles. The largest absolute Gasteiger partial charge is 0.338 e. The Morgan fingerprint density at radius 3 is 2.35 bits per heavy atom. The van der Waals surface area contributed by atoms with Gasteiger partial charge in [-0.2, -0.15) is 5.10 Å². The first-order chi connectivity index (χ1) is 20.1. The van der Waals surface area contributed by atoms with Gasteiger partial charge in [-0.25, -0.2) is 4.68 Å². The molecule has 0 spiro atoms. The van der Waals surface area contributed by atoms with Crippen molar-refractivity contribution in [2.75, 3.05) is 25.5 Å². The van der Waals surface area contributed by atoms with Gasteiger partial charge < -0.3 is 14.8 Å². The minimum Gasteiger partial charge on any atom is -0.338 e. The van der Waals surface area contributed by atoms with E-state index in [2.05, 4.69) is 36.2 Å². The molecule has 0 bridgehead atoms. The fraction of sp³-hybridized carbons (Fsp3) is 0.375. The van der Waals surface area contributed by atoms with Gasteiger partial charge in [-0.05, 0) is 76.7 Å². The Morgan fingerprint density at radius 1 is 1.02 bits per heavy atom. The van der Waals surface area contributed by atoms with E-state index in [0.29, 0.717) is 46.7 Å². The summed E-state index contributed by atoms with van der Waals surface area (Å²) in [6.45, 7) is 9.58. The van der Waals surface area contributed by atoms with Crippen LogP contribution in [0.15, 0.2) is 54.9 Å². The number of nitrogens with one attached hydrogen (secondary N) is 1. The fourth-order valence-corrected chi connectivity index (χ4v) is 5.80. The lowest BCUT2D eigenvalue weighted by Crippen LogP contribution is -2.56. The molecule has 9 nitrogen and oxygen atoms in total. The minimum absolute atomic E-state index is 0. The molecule has 2 aromatic heterocycles. The number of rotatable bonds is 8. The Labute approximate surface area is 263 Å². The van der Waals surface area contributed by atoms with Crippen LogP contribution >= 0.6 is 24.0 Å². The van der Waals surface area contributed by atoms with Crippen molar-refractivity contribution in [1.29, 1.82) is 0 Å². The van der Waals surface area contributed by atoms with Crippen LogP contribution in [0.25, 0.3) is 16.6 Å². The number of Topliss-reactive ketones (excluding diaryl/α,β-unsaturated/α-hetero) is 1. The van der Waals surface area contributed by atoms with Crippen molar-refractivity contribution < 1.29 is 14.4 Å². The summed E-state index contributed by atoms with van der Waals surface area (Å²) >= 11 is 6.32. The molecular formula is C32H38Cl2N6O3. The number of ketones is 1. The molecule has 228 valence electrons. The summed E-state index contributed by atoms with van der Waals surface area (Å²) in [4.78, 5) is 43.4. The predicted molar refractivity (Wildman–Crippen MR) is 173 cm³/mol. The number of hydrogen-bond acceptors (Lipinski definition) is 5. The number of amides is 2. The number of carbonyl (C=O) groups is 3. The minimum atomic E-state index is -0.300. The van der Waals surface area contributed by atoms with Gasteiger partial charge in [-0.15, -0.1) is 12.4 Å². The first-order valence-corrected chi connectivity index (χ1v) is 14.7. The van der Waals surface area contributed by atoms with E-state index in [1.54, 1.807) is 41.3 Å². The van der Waals surface area contributed by atoms with Crippen LogP contribution in [0.3, 0.4) is 0 Å². The highest BCUT2D eigenvalue weighted by Crippen LogP contribution is 2.27. The Hall–Kier alpha value is -3.66. The van der Waals surface area contributed by atoms with Crippen LogP contribution in [0.4, 0.5) is 5.69 Å². The van der Waals surface area contributed by atoms with E-state index in [4.69, 9.17) is 11.6 Å². The molecule has 5 rings (SSSR count). The third kappa shape index (κ3) is 6.64. The molecule has 1 fully saturated rings. The molecule has 1 N–H and O–H groups in total. The monoisotopic (exact) mass is 624 g/mol. The maximum atomic E-state index is 13.5. The molecule has 0 aliphatic carbocycles. The molecule has 4 aromatic rings. The number of hydrogen-bond donors (Lipinski definition) is 1. The molecule has 2 unspecified atom stereocenters. The van der Waals surface area contributed by atoms with Crippen molar-refractivity contribution in [2.45, 2.75) is 59.2 Å². The van der Waals surface area contributed by atoms with E-state index in [-0.39, 0.29) is 48.6 Å². The molecule has 2 aromatic carbocycles. The summed E-state index contributed by atoms with van der Waals surface area (Å²) in [6, 6.07) is 13.2. The highest BCUT2D eigenvalue weighted by Gasteiger charge is 2.29. The molecule has 11 heteroatoms. The number of carbonyl (C=O) groups excluding carboxylic acids is 3. The van der Waals surface area contributed by atoms with Crippen LogP contribution in [0.1, 0.15) is 60.0 Å². The third-order valence-corrected chi connectivity index (χ3v) is 8.50. The summed E-state index contributed by atoms with van der Waals surface area (Å²) in [6.07, 6.45) is 4.61. The first-order valence-electron chi connectivity index (χ1n) is 14.3. The number of nitrogens with zero attached hydrogens (tertiary/aromatic N) is 5. The van der Waals surface area contributed by atoms with Gasteiger partial charge in [0.1, 0.15) is 6.54 Å². The van der Waals surface area contributed by atoms with Crippen LogP contribution in [-0.2, 0) is 11.3 Å². The average Bonchev–Trinajstić information content (AvgIpc) is 3.52. The number of benzene rings is 2. The second-order valence-electron chi connectivity index (χ2n) is 11.2. The zero-order valence-corrected chi connectivity index (χ0v) is 26.7. The topological polar surface area (TPSA) is 92.5 Å². The zero-order chi connectivity index (χ0) is 30.1. The molecule has 2 atom stereocenters. The third-order valence-electron chi connectivity index (χ3n) is 8.26. The van der Waals surface area contributed by atoms with Crippen molar-refractivity contribution in [3.8, 4) is 5.69 Å². The van der Waals surface area contributed by atoms with Gasteiger partial charge in [0, 0.05) is 59.4 Å². The Kier molecular flexibility index (Phi) is 10.00. The van der Waals surface area contributed by atoms with Crippen molar-refractivity contribution in [1.82, 2.24) is 24.1 Å². The normalized spacial score (nSPS) is 17.1. The Morgan fingerprint density at radius 2 is 1.70 bits per heavy atom. The first kappa shape index (κ1) is 32.3. The summed E-state index contributed by atoms with van der Waals surface area (Å²) < 4.78 is 3.56. The van der Waals surface area contributed by atoms with Crippen molar-refractivity contribution in [3.63, 3.8) is 0 Å². The number of aromatic nitrogens is 3. The lowest BCUT2D eigenvalue weighted by Gasteiger charge is -2.42. The summed E-state index contributed by atoms with van der Waals surface area (Å²) in [5.74, 6) is -0.200. The number of anilines is 1. The van der Waals surface area contributed by atoms with E-state index < -0.39 is 0 Å². The van der Waals surface area contributed by atoms with E-state index in [0.717, 1.165) is 23.3 Å². The van der Waals surface area contributed by atoms with Gasteiger partial charge in [0.25, 0.3) is 5.91 Å². The fourth-order valence-electron chi connectivity index (χ4n) is 5.62. The average molecular weight is 626 g/mol. The molecule has 2 amide bonds. The summed E-state index contributed by atoms with van der Waals surface area (Å²) in [7, 11) is 2.09. The van der Waals surface area contributed by atoms with Gasteiger partial charge in [-0.1, -0.05) is 18.5 Å². The van der Waals surface area contributed by atoms with Crippen LogP contribution < -0.4 is 5.32 Å². The maximum absolute atomic E-state index is 13.5. The van der Waals surface area contributed by atoms with Crippen LogP contribution in [0.2, 0.25) is 5.02 Å². The molecule has 1 aliphatic rings. The number of fused-ring (bicyclic) bond motifs is 1. The van der Waals surface area contributed by atoms with E-state index in [9.17, 15) is 14.4 Å². The lowest BCUT2D eigenvalue weighted by molar-refractivity contribution is -0.135. The van der Waals surface area contributed by atoms with Crippen LogP contribution in [0.5, 0.6) is 0 Å². The van der Waals surface area contributed by atoms with Crippen molar-refractivity contribution in [3.05, 3.63) is 76.7 Å². The summed E-state index contributed by atoms with van der Waals surface area (Å²) in [5, 5.41) is 8.57. The number of likely N-dealkylation sites (N-methyl/N-ethyl adjacent to an activating group) is 1. The van der Waals surface area contributed by atoms with Crippen molar-refractivity contribution >= 4 is 58.2 Å². The molecule has 43 heavy (non-hydrogen) atoms. The molecule has 0 radical (unpaired) electrons. The van der Waals surface area contributed by atoms with Gasteiger partial charge >= 0.3 is 0 Å². The van der Waals surface area contributed by atoms with E-state index >= 15 is 0 Å². The SMILES string of the molecule is CCCC(=O)c1cnn(-c2ccc(NC(=O)c3cn(CC(=O)N4CC(C)N(C)C(C)C4)c4ccc(Cl)cc34)cc2)c1C.Cl. The predicted octanol–water partition coefficient (Wildman–Crippen LogP) is 6.00. The maximum Gasteiger partial charge on any atom is 0.257 e. The van der Waals surface area contributed by atoms with Gasteiger partial charge in [0.15, 0.2) is 5.78 Å². The second kappa shape index (κ2) is 13.3. The van der Waals surface area contributed by atoms with Crippen molar-refractivity contribution in [2.24, 2.45) is 0 Å². The number of halogens is 2. The van der Waals surface area contributed by atoms with Gasteiger partial charge in [0.05, 0.1) is 28.7 Å². The smallest absolute Gasteiger partial charge is 0.257 e. The molecule has 0 saturated carbocycles. The molecular weight excluding hydrogens is 587 g/mol. The lowest BCUT2D eigenvalue weighted by atomic mass is 10.1. The van der Waals surface area contributed by atoms with Gasteiger partial charge in [0.2, 0.25) is 5.91 Å². The highest BCUT2D eigenvalue weighted by molar-refractivity contribution is 6.31. The Balaban J connectivity index is 0.00000423.